The first-order chi connectivity index (χ1) is 49.8. The highest BCUT2D eigenvalue weighted by Crippen LogP contribution is 2.33. The first-order valence-corrected chi connectivity index (χ1v) is 39.4. The van der Waals surface area contributed by atoms with Crippen molar-refractivity contribution in [1.29, 1.82) is 0 Å². The lowest BCUT2D eigenvalue weighted by Crippen LogP contribution is -2.66. The molecule has 3 aliphatic rings. The molecule has 3 fully saturated rings. The van der Waals surface area contributed by atoms with E-state index in [0.29, 0.717) is 12.8 Å². The smallest absolute Gasteiger partial charge is 0.220 e. The Hall–Kier alpha value is -4.07. The fraction of sp³-hybridized carbons (Fsp3) is 0.723. The standard InChI is InChI=1S/C83H139NO18/c1-3-5-7-9-11-13-15-17-19-21-23-25-27-28-29-30-31-32-33-34-35-36-37-38-39-41-43-45-47-49-51-53-55-57-59-61-71(89)84-66(67(88)60-58-56-54-52-50-48-46-44-42-40-26-24-22-20-18-16-14-12-10-8-6-4-2)65-97-81-77(95)74(92)79(69(63-86)99-81)102-83-78(96)75(93)80(70(64-87)100-83)101-82-76(94)73(91)72(90)68(62-85)98-82/h5,7,11,13,17,19,23,25,28-29,31-32,34-35,37-38,41,43,50,52,58,60,66-70,72-83,85-88,90-96H,3-4,6,8-10,12,14-16,18,20-22,24,26-27,30,33,36,39-40,42,44-49,51,53-57,59,61-65H2,1-2H3,(H,84,89)/b7-5-,13-11-,19-17-,25-23-,29-28-,32-31-,35-34-,38-37-,43-41-,52-50+,60-58+. The van der Waals surface area contributed by atoms with Gasteiger partial charge in [0.25, 0.3) is 0 Å². The predicted octanol–water partition coefficient (Wildman–Crippen LogP) is 12.9. The van der Waals surface area contributed by atoms with Crippen LogP contribution in [0.3, 0.4) is 0 Å². The number of aliphatic hydroxyl groups excluding tert-OH is 11. The molecule has 0 saturated carbocycles. The van der Waals surface area contributed by atoms with Crippen LogP contribution in [0.2, 0.25) is 0 Å². The number of allylic oxidation sites excluding steroid dienone is 21. The fourth-order valence-electron chi connectivity index (χ4n) is 12.4. The number of hydrogen-bond donors (Lipinski definition) is 12. The first-order valence-electron chi connectivity index (χ1n) is 39.4. The van der Waals surface area contributed by atoms with Crippen molar-refractivity contribution >= 4 is 5.91 Å². The summed E-state index contributed by atoms with van der Waals surface area (Å²) in [7, 11) is 0. The fourth-order valence-corrected chi connectivity index (χ4v) is 12.4. The van der Waals surface area contributed by atoms with Gasteiger partial charge in [0.05, 0.1) is 38.6 Å². The van der Waals surface area contributed by atoms with Crippen molar-refractivity contribution in [2.24, 2.45) is 0 Å². The third kappa shape index (κ3) is 41.7. The lowest BCUT2D eigenvalue weighted by atomic mass is 9.96. The van der Waals surface area contributed by atoms with Gasteiger partial charge in [-0.1, -0.05) is 276 Å². The number of aliphatic hydroxyl groups is 11. The second-order valence-corrected chi connectivity index (χ2v) is 27.4. The summed E-state index contributed by atoms with van der Waals surface area (Å²) in [6.45, 7) is 1.60. The highest BCUT2D eigenvalue weighted by molar-refractivity contribution is 5.76. The number of nitrogens with one attached hydrogen (secondary N) is 1. The largest absolute Gasteiger partial charge is 0.394 e. The summed E-state index contributed by atoms with van der Waals surface area (Å²) < 4.78 is 34.4. The van der Waals surface area contributed by atoms with Gasteiger partial charge in [0.1, 0.15) is 73.2 Å². The average Bonchev–Trinajstić information content (AvgIpc) is 0.781. The highest BCUT2D eigenvalue weighted by Gasteiger charge is 2.53. The second kappa shape index (κ2) is 62.0. The highest BCUT2D eigenvalue weighted by atomic mass is 16.8. The number of amides is 1. The van der Waals surface area contributed by atoms with Gasteiger partial charge in [-0.2, -0.15) is 0 Å². The number of rotatable bonds is 60. The third-order valence-corrected chi connectivity index (χ3v) is 18.7. The van der Waals surface area contributed by atoms with Gasteiger partial charge in [-0.3, -0.25) is 4.79 Å². The van der Waals surface area contributed by atoms with E-state index >= 15 is 0 Å². The molecule has 3 aliphatic heterocycles. The molecule has 1 amide bonds. The predicted molar refractivity (Wildman–Crippen MR) is 406 cm³/mol. The van der Waals surface area contributed by atoms with Gasteiger partial charge in [-0.05, 0) is 103 Å². The summed E-state index contributed by atoms with van der Waals surface area (Å²) in [6.07, 6.45) is 61.4. The maximum absolute atomic E-state index is 13.5. The molecule has 3 saturated heterocycles. The zero-order valence-electron chi connectivity index (χ0n) is 62.3. The molecule has 3 rings (SSSR count). The number of carbonyl (C=O) groups is 1. The van der Waals surface area contributed by atoms with E-state index in [1.807, 2.05) is 6.08 Å². The van der Waals surface area contributed by atoms with Crippen LogP contribution < -0.4 is 5.32 Å². The minimum Gasteiger partial charge on any atom is -0.394 e. The topological polar surface area (TPSA) is 307 Å². The van der Waals surface area contributed by atoms with E-state index in [4.69, 9.17) is 28.4 Å². The number of ether oxygens (including phenoxy) is 6. The van der Waals surface area contributed by atoms with Crippen LogP contribution in [0.1, 0.15) is 251 Å². The maximum atomic E-state index is 13.5. The van der Waals surface area contributed by atoms with E-state index in [0.717, 1.165) is 122 Å². The van der Waals surface area contributed by atoms with E-state index in [-0.39, 0.29) is 18.9 Å². The molecule has 0 radical (unpaired) electrons. The van der Waals surface area contributed by atoms with E-state index in [1.165, 1.54) is 96.3 Å². The molecule has 17 unspecified atom stereocenters. The molecule has 584 valence electrons. The van der Waals surface area contributed by atoms with Crippen molar-refractivity contribution in [2.45, 2.75) is 356 Å². The molecule has 0 aromatic carbocycles. The van der Waals surface area contributed by atoms with Crippen LogP contribution in [0.25, 0.3) is 0 Å². The summed E-state index contributed by atoms with van der Waals surface area (Å²) in [5.74, 6) is -0.301. The van der Waals surface area contributed by atoms with Gasteiger partial charge in [-0.25, -0.2) is 0 Å². The van der Waals surface area contributed by atoms with Crippen LogP contribution in [0, 0.1) is 0 Å². The van der Waals surface area contributed by atoms with Crippen molar-refractivity contribution in [1.82, 2.24) is 5.32 Å². The molecule has 0 bridgehead atoms. The summed E-state index contributed by atoms with van der Waals surface area (Å²) in [6, 6.07) is -1.01. The normalized spacial score (nSPS) is 26.9. The van der Waals surface area contributed by atoms with E-state index < -0.39 is 124 Å². The molecule has 0 spiro atoms. The van der Waals surface area contributed by atoms with Crippen molar-refractivity contribution in [2.75, 3.05) is 26.4 Å². The second-order valence-electron chi connectivity index (χ2n) is 27.4. The van der Waals surface area contributed by atoms with Crippen LogP contribution in [0.15, 0.2) is 134 Å². The Balaban J connectivity index is 1.40. The molecular weight excluding hydrogens is 1300 g/mol. The maximum Gasteiger partial charge on any atom is 0.220 e. The Morgan fingerprint density at radius 1 is 0.363 bits per heavy atom. The Labute approximate surface area is 613 Å². The van der Waals surface area contributed by atoms with Gasteiger partial charge in [0.15, 0.2) is 18.9 Å². The van der Waals surface area contributed by atoms with E-state index in [9.17, 15) is 61.0 Å². The Morgan fingerprint density at radius 2 is 0.686 bits per heavy atom. The molecule has 19 heteroatoms. The summed E-state index contributed by atoms with van der Waals surface area (Å²) in [5, 5.41) is 121. The van der Waals surface area contributed by atoms with Gasteiger partial charge in [0, 0.05) is 6.42 Å². The van der Waals surface area contributed by atoms with Gasteiger partial charge in [-0.15, -0.1) is 0 Å². The minimum absolute atomic E-state index is 0.214. The van der Waals surface area contributed by atoms with Crippen LogP contribution >= 0.6 is 0 Å². The summed E-state index contributed by atoms with van der Waals surface area (Å²) in [4.78, 5) is 13.5. The molecule has 19 nitrogen and oxygen atoms in total. The summed E-state index contributed by atoms with van der Waals surface area (Å²) in [5.41, 5.74) is 0. The van der Waals surface area contributed by atoms with E-state index in [2.05, 4.69) is 141 Å². The molecule has 3 heterocycles. The Bertz CT molecular complexity index is 2370. The number of carbonyl (C=O) groups excluding carboxylic acids is 1. The Morgan fingerprint density at radius 3 is 1.10 bits per heavy atom. The molecular formula is C83H139NO18. The molecule has 0 aliphatic carbocycles. The monoisotopic (exact) mass is 1440 g/mol. The van der Waals surface area contributed by atoms with Crippen LogP contribution in [0.4, 0.5) is 0 Å². The molecule has 12 N–H and O–H groups in total. The van der Waals surface area contributed by atoms with Crippen molar-refractivity contribution < 1.29 is 89.4 Å². The lowest BCUT2D eigenvalue weighted by molar-refractivity contribution is -0.379. The van der Waals surface area contributed by atoms with Crippen molar-refractivity contribution in [3.8, 4) is 0 Å². The molecule has 102 heavy (non-hydrogen) atoms. The quantitative estimate of drug-likeness (QED) is 0.0199. The zero-order valence-corrected chi connectivity index (χ0v) is 62.3. The summed E-state index contributed by atoms with van der Waals surface area (Å²) >= 11 is 0. The van der Waals surface area contributed by atoms with Gasteiger partial charge >= 0.3 is 0 Å². The minimum atomic E-state index is -1.99. The number of unbranched alkanes of at least 4 members (excludes halogenated alkanes) is 24. The van der Waals surface area contributed by atoms with Crippen LogP contribution in [0.5, 0.6) is 0 Å². The van der Waals surface area contributed by atoms with Gasteiger partial charge < -0.3 is 89.9 Å². The molecule has 0 aromatic rings. The van der Waals surface area contributed by atoms with Gasteiger partial charge in [0.2, 0.25) is 5.91 Å². The Kier molecular flexibility index (Phi) is 56.0. The van der Waals surface area contributed by atoms with Crippen LogP contribution in [-0.4, -0.2) is 193 Å². The lowest BCUT2D eigenvalue weighted by Gasteiger charge is -2.48. The first kappa shape index (κ1) is 92.1. The number of hydrogen-bond acceptors (Lipinski definition) is 18. The van der Waals surface area contributed by atoms with E-state index in [1.54, 1.807) is 6.08 Å². The van der Waals surface area contributed by atoms with Crippen LogP contribution in [-0.2, 0) is 33.2 Å². The van der Waals surface area contributed by atoms with Crippen molar-refractivity contribution in [3.63, 3.8) is 0 Å². The zero-order chi connectivity index (χ0) is 73.9. The third-order valence-electron chi connectivity index (χ3n) is 18.7. The SMILES string of the molecule is CC/C=C\C/C=C\C/C=C\C/C=C\C/C=C\C/C=C\C/C=C\C/C=C\C/C=C\CCCCCCCCCC(=O)NC(COC1OC(CO)C(OC2OC(CO)C(OC3OC(CO)C(O)C(O)C3O)C(O)C2O)C(O)C1O)C(O)/C=C/CC/C=C/CCCCCCCCCCCCCCCCCC. The molecule has 17 atom stereocenters. The molecule has 0 aromatic heterocycles. The van der Waals surface area contributed by atoms with Crippen molar-refractivity contribution in [3.05, 3.63) is 134 Å². The average molecular weight is 1440 g/mol.